The average molecular weight is 529 g/mol. The molecule has 0 spiro atoms. The van der Waals surface area contributed by atoms with Gasteiger partial charge in [0.15, 0.2) is 11.5 Å². The lowest BCUT2D eigenvalue weighted by Crippen LogP contribution is -2.50. The lowest BCUT2D eigenvalue weighted by Gasteiger charge is -2.31. The Kier molecular flexibility index (Phi) is 8.48. The Bertz CT molecular complexity index is 1010. The van der Waals surface area contributed by atoms with Gasteiger partial charge in [-0.2, -0.15) is 0 Å². The van der Waals surface area contributed by atoms with Crippen molar-refractivity contribution in [2.75, 3.05) is 13.2 Å². The van der Waals surface area contributed by atoms with Gasteiger partial charge in [0.25, 0.3) is 0 Å². The first-order chi connectivity index (χ1) is 16.5. The zero-order valence-electron chi connectivity index (χ0n) is 19.7. The number of rotatable bonds is 8. The minimum atomic E-state index is -0.548. The monoisotopic (exact) mass is 528 g/mol. The van der Waals surface area contributed by atoms with Gasteiger partial charge in [0.05, 0.1) is 0 Å². The maximum Gasteiger partial charge on any atom is 0.242 e. The van der Waals surface area contributed by atoms with Gasteiger partial charge >= 0.3 is 0 Å². The topological polar surface area (TPSA) is 67.9 Å². The lowest BCUT2D eigenvalue weighted by atomic mass is 9.95. The number of fused-ring (bicyclic) bond motifs is 1. The van der Waals surface area contributed by atoms with E-state index in [4.69, 9.17) is 9.47 Å². The second-order valence-corrected chi connectivity index (χ2v) is 10.1. The van der Waals surface area contributed by atoms with Crippen molar-refractivity contribution in [2.45, 2.75) is 70.5 Å². The van der Waals surface area contributed by atoms with E-state index in [9.17, 15) is 9.59 Å². The van der Waals surface area contributed by atoms with Crippen LogP contribution in [0.4, 0.5) is 0 Å². The molecule has 2 amide bonds. The van der Waals surface area contributed by atoms with Crippen molar-refractivity contribution in [1.82, 2.24) is 10.2 Å². The third-order valence-corrected chi connectivity index (χ3v) is 7.09. The van der Waals surface area contributed by atoms with Crippen LogP contribution in [0.5, 0.6) is 11.5 Å². The van der Waals surface area contributed by atoms with Crippen LogP contribution >= 0.6 is 15.9 Å². The molecule has 1 atom stereocenters. The summed E-state index contributed by atoms with van der Waals surface area (Å²) >= 11 is 3.51. The quantitative estimate of drug-likeness (QED) is 0.522. The fraction of sp³-hybridized carbons (Fsp3) is 0.481. The molecule has 4 rings (SSSR count). The highest BCUT2D eigenvalue weighted by Crippen LogP contribution is 2.31. The number of carbonyl (C=O) groups excluding carboxylic acids is 2. The minimum Gasteiger partial charge on any atom is -0.486 e. The highest BCUT2D eigenvalue weighted by atomic mass is 79.9. The number of halogens is 1. The van der Waals surface area contributed by atoms with Gasteiger partial charge in [0, 0.05) is 23.5 Å². The molecular weight excluding hydrogens is 496 g/mol. The summed E-state index contributed by atoms with van der Waals surface area (Å²) < 4.78 is 12.2. The molecule has 1 N–H and O–H groups in total. The number of amides is 2. The Morgan fingerprint density at radius 3 is 2.56 bits per heavy atom. The molecule has 0 bridgehead atoms. The van der Waals surface area contributed by atoms with Crippen molar-refractivity contribution in [3.63, 3.8) is 0 Å². The van der Waals surface area contributed by atoms with Gasteiger partial charge in [-0.15, -0.1) is 0 Å². The van der Waals surface area contributed by atoms with Crippen LogP contribution in [-0.2, 0) is 22.6 Å². The van der Waals surface area contributed by atoms with E-state index < -0.39 is 6.04 Å². The third-order valence-electron chi connectivity index (χ3n) is 6.59. The minimum absolute atomic E-state index is 0.0406. The van der Waals surface area contributed by atoms with Gasteiger partial charge in [0.2, 0.25) is 11.8 Å². The average Bonchev–Trinajstić information content (AvgIpc) is 2.86. The normalized spacial score (nSPS) is 16.5. The summed E-state index contributed by atoms with van der Waals surface area (Å²) in [6.45, 7) is 3.30. The van der Waals surface area contributed by atoms with E-state index in [1.165, 1.54) is 6.42 Å². The summed E-state index contributed by atoms with van der Waals surface area (Å²) in [4.78, 5) is 28.2. The van der Waals surface area contributed by atoms with Crippen molar-refractivity contribution < 1.29 is 19.1 Å². The fourth-order valence-corrected chi connectivity index (χ4v) is 5.07. The number of ether oxygens (including phenoxy) is 2. The van der Waals surface area contributed by atoms with Gasteiger partial charge < -0.3 is 19.7 Å². The van der Waals surface area contributed by atoms with Crippen LogP contribution in [0.1, 0.15) is 56.6 Å². The summed E-state index contributed by atoms with van der Waals surface area (Å²) in [5.41, 5.74) is 2.00. The number of carbonyl (C=O) groups is 2. The van der Waals surface area contributed by atoms with Gasteiger partial charge in [-0.1, -0.05) is 53.4 Å². The largest absolute Gasteiger partial charge is 0.486 e. The van der Waals surface area contributed by atoms with Crippen LogP contribution in [-0.4, -0.2) is 42.0 Å². The third kappa shape index (κ3) is 6.53. The fourth-order valence-electron chi connectivity index (χ4n) is 4.62. The van der Waals surface area contributed by atoms with E-state index in [1.54, 1.807) is 4.90 Å². The molecule has 2 aromatic rings. The van der Waals surface area contributed by atoms with Crippen molar-refractivity contribution in [3.8, 4) is 11.5 Å². The predicted octanol–water partition coefficient (Wildman–Crippen LogP) is 5.02. The Morgan fingerprint density at radius 2 is 1.79 bits per heavy atom. The van der Waals surface area contributed by atoms with Crippen molar-refractivity contribution in [2.24, 2.45) is 0 Å². The number of aryl methyl sites for hydroxylation is 1. The molecule has 6 nitrogen and oxygen atoms in total. The molecular formula is C27H33BrN2O4. The maximum absolute atomic E-state index is 13.4. The van der Waals surface area contributed by atoms with Gasteiger partial charge in [-0.25, -0.2) is 0 Å². The van der Waals surface area contributed by atoms with Gasteiger partial charge in [-0.05, 0) is 61.6 Å². The molecule has 0 radical (unpaired) electrons. The molecule has 2 aliphatic rings. The van der Waals surface area contributed by atoms with E-state index in [1.807, 2.05) is 49.4 Å². The highest BCUT2D eigenvalue weighted by Gasteiger charge is 2.28. The molecule has 2 aromatic carbocycles. The first-order valence-electron chi connectivity index (χ1n) is 12.2. The Morgan fingerprint density at radius 1 is 1.03 bits per heavy atom. The van der Waals surface area contributed by atoms with E-state index in [2.05, 4.69) is 21.2 Å². The van der Waals surface area contributed by atoms with Gasteiger partial charge in [-0.3, -0.25) is 9.59 Å². The number of nitrogens with one attached hydrogen (secondary N) is 1. The zero-order chi connectivity index (χ0) is 23.9. The van der Waals surface area contributed by atoms with E-state index in [-0.39, 0.29) is 17.9 Å². The molecule has 182 valence electrons. The molecule has 1 saturated carbocycles. The Hall–Kier alpha value is -2.54. The first-order valence-corrected chi connectivity index (χ1v) is 13.0. The number of nitrogens with zero attached hydrogens (tertiary/aromatic N) is 1. The van der Waals surface area contributed by atoms with E-state index in [0.717, 1.165) is 52.8 Å². The number of hydrogen-bond donors (Lipinski definition) is 1. The van der Waals surface area contributed by atoms with Crippen molar-refractivity contribution in [3.05, 3.63) is 58.1 Å². The molecule has 1 fully saturated rings. The molecule has 0 saturated heterocycles. The summed E-state index contributed by atoms with van der Waals surface area (Å²) in [5.74, 6) is 1.35. The second kappa shape index (κ2) is 11.7. The first kappa shape index (κ1) is 24.6. The number of hydrogen-bond acceptors (Lipinski definition) is 4. The molecule has 1 heterocycles. The Labute approximate surface area is 210 Å². The van der Waals surface area contributed by atoms with Crippen molar-refractivity contribution >= 4 is 27.7 Å². The van der Waals surface area contributed by atoms with Crippen LogP contribution in [0.25, 0.3) is 0 Å². The lowest BCUT2D eigenvalue weighted by molar-refractivity contribution is -0.141. The zero-order valence-corrected chi connectivity index (χ0v) is 21.3. The predicted molar refractivity (Wildman–Crippen MR) is 135 cm³/mol. The second-order valence-electron chi connectivity index (χ2n) is 9.15. The SMILES string of the molecule is CC(C(=O)NC1CCCCC1)N(Cc1cccc(Br)c1)C(=O)CCc1ccc2c(c1)OCCO2. The van der Waals surface area contributed by atoms with Crippen molar-refractivity contribution in [1.29, 1.82) is 0 Å². The molecule has 1 unspecified atom stereocenters. The molecule has 0 aromatic heterocycles. The summed E-state index contributed by atoms with van der Waals surface area (Å²) in [5, 5.41) is 3.19. The van der Waals surface area contributed by atoms with Crippen LogP contribution in [0.3, 0.4) is 0 Å². The Balaban J connectivity index is 1.44. The van der Waals surface area contributed by atoms with Crippen LogP contribution in [0, 0.1) is 0 Å². The smallest absolute Gasteiger partial charge is 0.242 e. The van der Waals surface area contributed by atoms with Gasteiger partial charge in [0.1, 0.15) is 19.3 Å². The maximum atomic E-state index is 13.4. The standard InChI is InChI=1S/C27H33BrN2O4/c1-19(27(32)29-23-8-3-2-4-9-23)30(18-21-6-5-7-22(28)16-21)26(31)13-11-20-10-12-24-25(17-20)34-15-14-33-24/h5-7,10,12,16-17,19,23H,2-4,8-9,11,13-15,18H2,1H3,(H,29,32). The summed E-state index contributed by atoms with van der Waals surface area (Å²) in [6, 6.07) is 13.4. The van der Waals surface area contributed by atoms with Crippen LogP contribution in [0.15, 0.2) is 46.9 Å². The molecule has 34 heavy (non-hydrogen) atoms. The molecule has 1 aliphatic carbocycles. The highest BCUT2D eigenvalue weighted by molar-refractivity contribution is 9.10. The molecule has 1 aliphatic heterocycles. The van der Waals surface area contributed by atoms with Crippen LogP contribution in [0.2, 0.25) is 0 Å². The van der Waals surface area contributed by atoms with E-state index in [0.29, 0.717) is 32.6 Å². The van der Waals surface area contributed by atoms with Crippen LogP contribution < -0.4 is 14.8 Å². The number of benzene rings is 2. The summed E-state index contributed by atoms with van der Waals surface area (Å²) in [6.07, 6.45) is 6.45. The summed E-state index contributed by atoms with van der Waals surface area (Å²) in [7, 11) is 0. The molecule has 7 heteroatoms. The van der Waals surface area contributed by atoms with E-state index >= 15 is 0 Å².